The fourth-order valence-electron chi connectivity index (χ4n) is 3.25. The summed E-state index contributed by atoms with van der Waals surface area (Å²) in [5.41, 5.74) is 4.28. The maximum absolute atomic E-state index is 12.6. The van der Waals surface area contributed by atoms with Crippen LogP contribution in [-0.2, 0) is 12.8 Å². The molecule has 126 valence electrons. The van der Waals surface area contributed by atoms with Crippen LogP contribution in [0.15, 0.2) is 36.4 Å². The molecule has 0 aliphatic heterocycles. The van der Waals surface area contributed by atoms with Crippen molar-refractivity contribution in [2.45, 2.75) is 32.2 Å². The molecule has 0 fully saturated rings. The van der Waals surface area contributed by atoms with Crippen molar-refractivity contribution in [3.8, 4) is 11.5 Å². The molecule has 0 bridgehead atoms. The van der Waals surface area contributed by atoms with E-state index in [9.17, 15) is 4.79 Å². The standard InChI is InChI=1S/C20H23NO3/c1-13(18-12-17(23-2)9-10-19(18)24-3)21-20(22)16-8-7-14-5-4-6-15(14)11-16/h7-13H,4-6H2,1-3H3,(H,21,22)/t13-/m0/s1. The molecule has 4 heteroatoms. The number of hydrogen-bond donors (Lipinski definition) is 1. The van der Waals surface area contributed by atoms with E-state index in [0.29, 0.717) is 5.56 Å². The molecule has 4 nitrogen and oxygen atoms in total. The Morgan fingerprint density at radius 1 is 1.04 bits per heavy atom. The van der Waals surface area contributed by atoms with Crippen LogP contribution in [-0.4, -0.2) is 20.1 Å². The van der Waals surface area contributed by atoms with Gasteiger partial charge in [-0.2, -0.15) is 0 Å². The van der Waals surface area contributed by atoms with E-state index in [1.807, 2.05) is 37.3 Å². The number of hydrogen-bond acceptors (Lipinski definition) is 3. The zero-order valence-corrected chi connectivity index (χ0v) is 14.4. The molecule has 3 rings (SSSR count). The van der Waals surface area contributed by atoms with Crippen LogP contribution in [0.5, 0.6) is 11.5 Å². The van der Waals surface area contributed by atoms with Gasteiger partial charge in [0.1, 0.15) is 11.5 Å². The second-order valence-electron chi connectivity index (χ2n) is 6.14. The van der Waals surface area contributed by atoms with Crippen LogP contribution < -0.4 is 14.8 Å². The number of amides is 1. The van der Waals surface area contributed by atoms with Gasteiger partial charge in [-0.25, -0.2) is 0 Å². The average molecular weight is 325 g/mol. The minimum Gasteiger partial charge on any atom is -0.497 e. The fraction of sp³-hybridized carbons (Fsp3) is 0.350. The minimum atomic E-state index is -0.184. The van der Waals surface area contributed by atoms with Gasteiger partial charge in [-0.3, -0.25) is 4.79 Å². The highest BCUT2D eigenvalue weighted by molar-refractivity contribution is 5.94. The molecule has 0 saturated carbocycles. The van der Waals surface area contributed by atoms with E-state index >= 15 is 0 Å². The van der Waals surface area contributed by atoms with Crippen LogP contribution in [0, 0.1) is 0 Å². The molecule has 1 N–H and O–H groups in total. The lowest BCUT2D eigenvalue weighted by Crippen LogP contribution is -2.27. The van der Waals surface area contributed by atoms with Gasteiger partial charge in [0, 0.05) is 11.1 Å². The van der Waals surface area contributed by atoms with Crippen LogP contribution in [0.3, 0.4) is 0 Å². The lowest BCUT2D eigenvalue weighted by atomic mass is 10.0. The monoisotopic (exact) mass is 325 g/mol. The van der Waals surface area contributed by atoms with Crippen LogP contribution in [0.1, 0.15) is 46.4 Å². The van der Waals surface area contributed by atoms with Gasteiger partial charge in [0.2, 0.25) is 0 Å². The van der Waals surface area contributed by atoms with Crippen LogP contribution >= 0.6 is 0 Å². The highest BCUT2D eigenvalue weighted by Gasteiger charge is 2.18. The van der Waals surface area contributed by atoms with Gasteiger partial charge < -0.3 is 14.8 Å². The van der Waals surface area contributed by atoms with Crippen molar-refractivity contribution >= 4 is 5.91 Å². The molecule has 2 aromatic rings. The molecule has 0 heterocycles. The fourth-order valence-corrected chi connectivity index (χ4v) is 3.25. The van der Waals surface area contributed by atoms with Crippen LogP contribution in [0.25, 0.3) is 0 Å². The second-order valence-corrected chi connectivity index (χ2v) is 6.14. The average Bonchev–Trinajstić information content (AvgIpc) is 3.08. The number of rotatable bonds is 5. The molecule has 1 atom stereocenters. The molecule has 0 aromatic heterocycles. The summed E-state index contributed by atoms with van der Waals surface area (Å²) in [7, 11) is 3.25. The van der Waals surface area contributed by atoms with Gasteiger partial charge in [0.15, 0.2) is 0 Å². The number of benzene rings is 2. The number of carbonyl (C=O) groups excluding carboxylic acids is 1. The molecule has 2 aromatic carbocycles. The molecule has 1 aliphatic rings. The normalized spacial score (nSPS) is 14.0. The summed E-state index contributed by atoms with van der Waals surface area (Å²) in [5.74, 6) is 1.41. The molecule has 0 unspecified atom stereocenters. The van der Waals surface area contributed by atoms with Gasteiger partial charge in [-0.05, 0) is 67.6 Å². The summed E-state index contributed by atoms with van der Waals surface area (Å²) < 4.78 is 10.7. The lowest BCUT2D eigenvalue weighted by Gasteiger charge is -2.18. The summed E-state index contributed by atoms with van der Waals surface area (Å²) in [4.78, 5) is 12.6. The van der Waals surface area contributed by atoms with Crippen molar-refractivity contribution in [2.75, 3.05) is 14.2 Å². The zero-order valence-electron chi connectivity index (χ0n) is 14.4. The topological polar surface area (TPSA) is 47.6 Å². The third-order valence-corrected chi connectivity index (χ3v) is 4.61. The molecular weight excluding hydrogens is 302 g/mol. The maximum atomic E-state index is 12.6. The first-order valence-electron chi connectivity index (χ1n) is 8.27. The van der Waals surface area contributed by atoms with Crippen LogP contribution in [0.2, 0.25) is 0 Å². The van der Waals surface area contributed by atoms with Gasteiger partial charge in [0.25, 0.3) is 5.91 Å². The molecule has 0 spiro atoms. The third-order valence-electron chi connectivity index (χ3n) is 4.61. The van der Waals surface area contributed by atoms with Crippen molar-refractivity contribution in [1.82, 2.24) is 5.32 Å². The van der Waals surface area contributed by atoms with Gasteiger partial charge in [0.05, 0.1) is 20.3 Å². The Kier molecular flexibility index (Phi) is 4.74. The molecule has 1 aliphatic carbocycles. The van der Waals surface area contributed by atoms with Gasteiger partial charge in [-0.15, -0.1) is 0 Å². The Morgan fingerprint density at radius 3 is 2.58 bits per heavy atom. The Morgan fingerprint density at radius 2 is 1.83 bits per heavy atom. The third kappa shape index (κ3) is 3.23. The van der Waals surface area contributed by atoms with E-state index in [2.05, 4.69) is 11.4 Å². The molecule has 24 heavy (non-hydrogen) atoms. The van der Waals surface area contributed by atoms with Gasteiger partial charge in [-0.1, -0.05) is 6.07 Å². The predicted octanol–water partition coefficient (Wildman–Crippen LogP) is 3.68. The SMILES string of the molecule is COc1ccc(OC)c([C@H](C)NC(=O)c2ccc3c(c2)CCC3)c1. The van der Waals surface area contributed by atoms with E-state index in [-0.39, 0.29) is 11.9 Å². The summed E-state index contributed by atoms with van der Waals surface area (Å²) in [6.07, 6.45) is 3.36. The molecule has 1 amide bonds. The van der Waals surface area contributed by atoms with Crippen molar-refractivity contribution in [1.29, 1.82) is 0 Å². The number of nitrogens with one attached hydrogen (secondary N) is 1. The quantitative estimate of drug-likeness (QED) is 0.912. The molecule has 0 saturated heterocycles. The highest BCUT2D eigenvalue weighted by Crippen LogP contribution is 2.29. The number of fused-ring (bicyclic) bond motifs is 1. The Balaban J connectivity index is 1.79. The Labute approximate surface area is 142 Å². The van der Waals surface area contributed by atoms with E-state index in [4.69, 9.17) is 9.47 Å². The Bertz CT molecular complexity index is 755. The first-order valence-corrected chi connectivity index (χ1v) is 8.27. The van der Waals surface area contributed by atoms with Gasteiger partial charge >= 0.3 is 0 Å². The first-order chi connectivity index (χ1) is 11.6. The largest absolute Gasteiger partial charge is 0.497 e. The first kappa shape index (κ1) is 16.4. The summed E-state index contributed by atoms with van der Waals surface area (Å²) in [6.45, 7) is 1.95. The van der Waals surface area contributed by atoms with E-state index in [1.165, 1.54) is 17.5 Å². The van der Waals surface area contributed by atoms with E-state index < -0.39 is 0 Å². The number of carbonyl (C=O) groups is 1. The number of aryl methyl sites for hydroxylation is 2. The predicted molar refractivity (Wildman–Crippen MR) is 93.9 cm³/mol. The van der Waals surface area contributed by atoms with E-state index in [0.717, 1.165) is 29.9 Å². The van der Waals surface area contributed by atoms with Crippen molar-refractivity contribution in [3.63, 3.8) is 0 Å². The summed E-state index contributed by atoms with van der Waals surface area (Å²) in [6, 6.07) is 11.4. The summed E-state index contributed by atoms with van der Waals surface area (Å²) in [5, 5.41) is 3.06. The van der Waals surface area contributed by atoms with E-state index in [1.54, 1.807) is 14.2 Å². The zero-order chi connectivity index (χ0) is 17.1. The molecule has 0 radical (unpaired) electrons. The number of ether oxygens (including phenoxy) is 2. The Hall–Kier alpha value is -2.49. The second kappa shape index (κ2) is 6.95. The van der Waals surface area contributed by atoms with Crippen molar-refractivity contribution in [3.05, 3.63) is 58.7 Å². The van der Waals surface area contributed by atoms with Crippen molar-refractivity contribution < 1.29 is 14.3 Å². The minimum absolute atomic E-state index is 0.0675. The number of methoxy groups -OCH3 is 2. The summed E-state index contributed by atoms with van der Waals surface area (Å²) >= 11 is 0. The highest BCUT2D eigenvalue weighted by atomic mass is 16.5. The molecular formula is C20H23NO3. The maximum Gasteiger partial charge on any atom is 0.251 e. The smallest absolute Gasteiger partial charge is 0.251 e. The van der Waals surface area contributed by atoms with Crippen molar-refractivity contribution in [2.24, 2.45) is 0 Å². The lowest BCUT2D eigenvalue weighted by molar-refractivity contribution is 0.0939. The van der Waals surface area contributed by atoms with Crippen LogP contribution in [0.4, 0.5) is 0 Å².